The number of anilines is 1. The maximum absolute atomic E-state index is 13.6. The summed E-state index contributed by atoms with van der Waals surface area (Å²) >= 11 is 1.26. The first-order valence-corrected chi connectivity index (χ1v) is 9.69. The number of rotatable bonds is 7. The average molecular weight is 389 g/mol. The van der Waals surface area contributed by atoms with Crippen molar-refractivity contribution in [1.29, 1.82) is 0 Å². The highest BCUT2D eigenvalue weighted by Crippen LogP contribution is 2.30. The number of aromatic nitrogens is 1. The summed E-state index contributed by atoms with van der Waals surface area (Å²) in [7, 11) is 0. The van der Waals surface area contributed by atoms with Gasteiger partial charge < -0.3 is 4.90 Å². The molecule has 0 atom stereocenters. The highest BCUT2D eigenvalue weighted by molar-refractivity contribution is 7.22. The summed E-state index contributed by atoms with van der Waals surface area (Å²) in [5, 5.41) is 0.483. The fraction of sp³-hybridized carbons (Fsp3) is 0.300. The van der Waals surface area contributed by atoms with Crippen molar-refractivity contribution in [3.05, 3.63) is 59.7 Å². The number of likely N-dealkylation sites (N-methyl/N-ethyl adjacent to an activating group) is 1. The van der Waals surface area contributed by atoms with Crippen molar-refractivity contribution in [2.24, 2.45) is 0 Å². The smallest absolute Gasteiger partial charge is 0.260 e. The maximum Gasteiger partial charge on any atom is 0.260 e. The normalized spacial score (nSPS) is 11.3. The SMILES string of the molecule is CCN(CC)CCN(C(=O)c1cccc(F)c1)c1nc2ccc(F)cc2s1. The van der Waals surface area contributed by atoms with Crippen LogP contribution in [0.5, 0.6) is 0 Å². The average Bonchev–Trinajstić information content (AvgIpc) is 3.07. The molecule has 0 N–H and O–H groups in total. The minimum Gasteiger partial charge on any atom is -0.302 e. The molecule has 0 saturated carbocycles. The summed E-state index contributed by atoms with van der Waals surface area (Å²) in [6.07, 6.45) is 0. The van der Waals surface area contributed by atoms with Gasteiger partial charge in [0.1, 0.15) is 11.6 Å². The van der Waals surface area contributed by atoms with Crippen molar-refractivity contribution >= 4 is 32.6 Å². The molecule has 3 rings (SSSR count). The Kier molecular flexibility index (Phi) is 6.13. The Bertz CT molecular complexity index is 940. The molecule has 3 aromatic rings. The molecule has 0 spiro atoms. The third-order valence-electron chi connectivity index (χ3n) is 4.42. The molecule has 0 aliphatic rings. The second kappa shape index (κ2) is 8.54. The second-order valence-electron chi connectivity index (χ2n) is 6.10. The van der Waals surface area contributed by atoms with Gasteiger partial charge in [0.25, 0.3) is 5.91 Å². The van der Waals surface area contributed by atoms with E-state index in [0.29, 0.717) is 28.4 Å². The van der Waals surface area contributed by atoms with Gasteiger partial charge >= 0.3 is 0 Å². The van der Waals surface area contributed by atoms with Crippen molar-refractivity contribution < 1.29 is 13.6 Å². The van der Waals surface area contributed by atoms with Gasteiger partial charge in [-0.3, -0.25) is 9.69 Å². The lowest BCUT2D eigenvalue weighted by Gasteiger charge is -2.24. The van der Waals surface area contributed by atoms with E-state index in [1.807, 2.05) is 0 Å². The summed E-state index contributed by atoms with van der Waals surface area (Å²) in [5.74, 6) is -1.12. The number of carbonyl (C=O) groups is 1. The topological polar surface area (TPSA) is 36.4 Å². The Morgan fingerprint density at radius 2 is 1.78 bits per heavy atom. The second-order valence-corrected chi connectivity index (χ2v) is 7.11. The minimum absolute atomic E-state index is 0.264. The number of fused-ring (bicyclic) bond motifs is 1. The van der Waals surface area contributed by atoms with Crippen LogP contribution in [0.15, 0.2) is 42.5 Å². The molecule has 0 fully saturated rings. The predicted octanol–water partition coefficient (Wildman–Crippen LogP) is 4.56. The molecule has 0 bridgehead atoms. The number of hydrogen-bond donors (Lipinski definition) is 0. The van der Waals surface area contributed by atoms with Crippen LogP contribution in [0.2, 0.25) is 0 Å². The molecule has 0 saturated heterocycles. The monoisotopic (exact) mass is 389 g/mol. The van der Waals surface area contributed by atoms with Crippen molar-refractivity contribution in [2.75, 3.05) is 31.1 Å². The number of carbonyl (C=O) groups excluding carboxylic acids is 1. The van der Waals surface area contributed by atoms with Crippen LogP contribution >= 0.6 is 11.3 Å². The first kappa shape index (κ1) is 19.4. The van der Waals surface area contributed by atoms with E-state index >= 15 is 0 Å². The maximum atomic E-state index is 13.6. The van der Waals surface area contributed by atoms with E-state index in [1.54, 1.807) is 17.0 Å². The van der Waals surface area contributed by atoms with Crippen LogP contribution in [0.25, 0.3) is 10.2 Å². The van der Waals surface area contributed by atoms with Gasteiger partial charge in [0.2, 0.25) is 0 Å². The Balaban J connectivity index is 1.96. The minimum atomic E-state index is -0.462. The highest BCUT2D eigenvalue weighted by Gasteiger charge is 2.22. The molecule has 0 aliphatic heterocycles. The van der Waals surface area contributed by atoms with Gasteiger partial charge in [0.15, 0.2) is 5.13 Å². The van der Waals surface area contributed by atoms with Crippen molar-refractivity contribution in [2.45, 2.75) is 13.8 Å². The number of nitrogens with zero attached hydrogens (tertiary/aromatic N) is 3. The Morgan fingerprint density at radius 3 is 2.48 bits per heavy atom. The van der Waals surface area contributed by atoms with Crippen LogP contribution in [-0.2, 0) is 0 Å². The zero-order chi connectivity index (χ0) is 19.4. The number of halogens is 2. The molecule has 1 heterocycles. The molecule has 2 aromatic carbocycles. The van der Waals surface area contributed by atoms with Gasteiger partial charge in [0, 0.05) is 18.7 Å². The van der Waals surface area contributed by atoms with Crippen LogP contribution in [0.3, 0.4) is 0 Å². The van der Waals surface area contributed by atoms with Crippen LogP contribution in [0.1, 0.15) is 24.2 Å². The van der Waals surface area contributed by atoms with Gasteiger partial charge in [-0.25, -0.2) is 13.8 Å². The van der Waals surface area contributed by atoms with Crippen LogP contribution in [-0.4, -0.2) is 42.0 Å². The molecule has 1 aromatic heterocycles. The van der Waals surface area contributed by atoms with E-state index in [-0.39, 0.29) is 17.3 Å². The molecule has 1 amide bonds. The van der Waals surface area contributed by atoms with E-state index in [0.717, 1.165) is 13.1 Å². The fourth-order valence-electron chi connectivity index (χ4n) is 2.84. The lowest BCUT2D eigenvalue weighted by atomic mass is 10.2. The van der Waals surface area contributed by atoms with Crippen molar-refractivity contribution in [3.63, 3.8) is 0 Å². The van der Waals surface area contributed by atoms with Gasteiger partial charge in [-0.2, -0.15) is 0 Å². The third-order valence-corrected chi connectivity index (χ3v) is 5.46. The summed E-state index contributed by atoms with van der Waals surface area (Å²) in [5.41, 5.74) is 0.899. The zero-order valence-electron chi connectivity index (χ0n) is 15.3. The van der Waals surface area contributed by atoms with Gasteiger partial charge in [-0.15, -0.1) is 0 Å². The van der Waals surface area contributed by atoms with Crippen molar-refractivity contribution in [3.8, 4) is 0 Å². The van der Waals surface area contributed by atoms with E-state index in [9.17, 15) is 13.6 Å². The van der Waals surface area contributed by atoms with Crippen LogP contribution in [0, 0.1) is 11.6 Å². The number of amides is 1. The zero-order valence-corrected chi connectivity index (χ0v) is 16.1. The van der Waals surface area contributed by atoms with Crippen LogP contribution in [0.4, 0.5) is 13.9 Å². The van der Waals surface area contributed by atoms with E-state index in [4.69, 9.17) is 0 Å². The number of benzene rings is 2. The molecule has 0 aliphatic carbocycles. The van der Waals surface area contributed by atoms with Crippen LogP contribution < -0.4 is 4.90 Å². The standard InChI is InChI=1S/C20H21F2N3OS/c1-3-24(4-2)10-11-25(19(26)14-6-5-7-15(21)12-14)20-23-17-9-8-16(22)13-18(17)27-20/h5-9,12-13H,3-4,10-11H2,1-2H3. The Labute approximate surface area is 161 Å². The molecule has 4 nitrogen and oxygen atoms in total. The predicted molar refractivity (Wildman–Crippen MR) is 105 cm³/mol. The van der Waals surface area contributed by atoms with Gasteiger partial charge in [-0.1, -0.05) is 31.3 Å². The first-order valence-electron chi connectivity index (χ1n) is 8.87. The number of thiazole rings is 1. The fourth-order valence-corrected chi connectivity index (χ4v) is 3.86. The summed E-state index contributed by atoms with van der Waals surface area (Å²) in [6, 6.07) is 9.98. The lowest BCUT2D eigenvalue weighted by Crippen LogP contribution is -2.38. The van der Waals surface area contributed by atoms with E-state index < -0.39 is 5.82 Å². The number of hydrogen-bond acceptors (Lipinski definition) is 4. The van der Waals surface area contributed by atoms with Crippen molar-refractivity contribution in [1.82, 2.24) is 9.88 Å². The Hall–Kier alpha value is -2.38. The molecule has 7 heteroatoms. The van der Waals surface area contributed by atoms with Gasteiger partial charge in [0.05, 0.1) is 10.2 Å². The molecular formula is C20H21F2N3OS. The summed E-state index contributed by atoms with van der Waals surface area (Å²) < 4.78 is 27.8. The molecule has 0 radical (unpaired) electrons. The van der Waals surface area contributed by atoms with E-state index in [1.165, 1.54) is 41.7 Å². The third kappa shape index (κ3) is 4.48. The molecular weight excluding hydrogens is 368 g/mol. The highest BCUT2D eigenvalue weighted by atomic mass is 32.1. The molecule has 0 unspecified atom stereocenters. The van der Waals surface area contributed by atoms with E-state index in [2.05, 4.69) is 23.7 Å². The lowest BCUT2D eigenvalue weighted by molar-refractivity contribution is 0.0983. The Morgan fingerprint density at radius 1 is 1.04 bits per heavy atom. The quantitative estimate of drug-likeness (QED) is 0.594. The first-order chi connectivity index (χ1) is 13.0. The van der Waals surface area contributed by atoms with Gasteiger partial charge in [-0.05, 0) is 49.5 Å². The largest absolute Gasteiger partial charge is 0.302 e. The molecule has 27 heavy (non-hydrogen) atoms. The molecule has 142 valence electrons. The summed E-state index contributed by atoms with van der Waals surface area (Å²) in [6.45, 7) is 6.93. The summed E-state index contributed by atoms with van der Waals surface area (Å²) in [4.78, 5) is 21.3.